The van der Waals surface area contributed by atoms with Crippen LogP contribution in [-0.2, 0) is 13.1 Å². The van der Waals surface area contributed by atoms with Crippen LogP contribution < -0.4 is 11.1 Å². The first-order valence-electron chi connectivity index (χ1n) is 9.08. The summed E-state index contributed by atoms with van der Waals surface area (Å²) in [6.45, 7) is 4.27. The smallest absolute Gasteiger partial charge is 0.275 e. The molecule has 2 aromatic rings. The van der Waals surface area contributed by atoms with Gasteiger partial charge in [-0.3, -0.25) is 9.69 Å². The summed E-state index contributed by atoms with van der Waals surface area (Å²) in [7, 11) is 0. The molecular weight excluding hydrogens is 332 g/mol. The molecule has 2 aliphatic rings. The van der Waals surface area contributed by atoms with Crippen molar-refractivity contribution in [2.24, 2.45) is 0 Å². The molecule has 8 heteroatoms. The molecule has 26 heavy (non-hydrogen) atoms. The lowest BCUT2D eigenvalue weighted by molar-refractivity contribution is 0.0622. The largest absolute Gasteiger partial charge is 0.447 e. The first kappa shape index (κ1) is 17.0. The van der Waals surface area contributed by atoms with E-state index in [2.05, 4.69) is 20.2 Å². The van der Waals surface area contributed by atoms with Gasteiger partial charge in [0, 0.05) is 50.5 Å². The van der Waals surface area contributed by atoms with Crippen molar-refractivity contribution in [3.63, 3.8) is 0 Å². The Bertz CT molecular complexity index is 765. The van der Waals surface area contributed by atoms with E-state index in [0.29, 0.717) is 43.1 Å². The van der Waals surface area contributed by atoms with Crippen LogP contribution in [0.4, 0.5) is 5.82 Å². The van der Waals surface area contributed by atoms with E-state index >= 15 is 0 Å². The van der Waals surface area contributed by atoms with Crippen LogP contribution in [0.1, 0.15) is 34.8 Å². The summed E-state index contributed by atoms with van der Waals surface area (Å²) in [4.78, 5) is 25.2. The van der Waals surface area contributed by atoms with Crippen molar-refractivity contribution in [3.05, 3.63) is 41.7 Å². The van der Waals surface area contributed by atoms with Gasteiger partial charge in [-0.2, -0.15) is 0 Å². The Hall–Kier alpha value is -2.45. The molecule has 1 aliphatic heterocycles. The van der Waals surface area contributed by atoms with E-state index < -0.39 is 0 Å². The molecule has 1 aliphatic carbocycles. The third-order valence-corrected chi connectivity index (χ3v) is 4.87. The molecule has 1 saturated heterocycles. The van der Waals surface area contributed by atoms with Gasteiger partial charge >= 0.3 is 0 Å². The second-order valence-corrected chi connectivity index (χ2v) is 6.90. The van der Waals surface area contributed by atoms with E-state index in [-0.39, 0.29) is 5.91 Å². The number of nitrogens with zero attached hydrogens (tertiary/aromatic N) is 4. The number of piperazine rings is 1. The van der Waals surface area contributed by atoms with Crippen molar-refractivity contribution in [2.45, 2.75) is 32.0 Å². The lowest BCUT2D eigenvalue weighted by atomic mass is 10.2. The maximum atomic E-state index is 12.6. The number of hydrogen-bond donors (Lipinski definition) is 2. The minimum absolute atomic E-state index is 0.0630. The van der Waals surface area contributed by atoms with Crippen molar-refractivity contribution in [1.82, 2.24) is 25.1 Å². The number of amides is 1. The minimum atomic E-state index is -0.0630. The number of carbonyl (C=O) groups excluding carboxylic acids is 1. The number of oxazole rings is 1. The summed E-state index contributed by atoms with van der Waals surface area (Å²) in [6, 6.07) is 4.47. The SMILES string of the molecule is Nc1ncccc1CN1CCN(C(=O)c2coc(CNC3CC3)n2)CC1. The molecule has 4 rings (SSSR count). The van der Waals surface area contributed by atoms with E-state index in [0.717, 1.165) is 25.2 Å². The third kappa shape index (κ3) is 4.03. The van der Waals surface area contributed by atoms with Gasteiger partial charge in [0.05, 0.1) is 6.54 Å². The molecule has 2 fully saturated rings. The number of carbonyl (C=O) groups is 1. The number of aromatic nitrogens is 2. The van der Waals surface area contributed by atoms with Gasteiger partial charge in [0.25, 0.3) is 5.91 Å². The van der Waals surface area contributed by atoms with Crippen molar-refractivity contribution in [2.75, 3.05) is 31.9 Å². The van der Waals surface area contributed by atoms with Crippen LogP contribution in [-0.4, -0.2) is 57.9 Å². The molecule has 0 aromatic carbocycles. The Morgan fingerprint density at radius 3 is 2.85 bits per heavy atom. The van der Waals surface area contributed by atoms with Gasteiger partial charge in [0.1, 0.15) is 12.1 Å². The first-order chi connectivity index (χ1) is 12.7. The summed E-state index contributed by atoms with van der Waals surface area (Å²) in [5.41, 5.74) is 7.33. The molecule has 138 valence electrons. The number of nitrogens with two attached hydrogens (primary N) is 1. The molecular formula is C18H24N6O2. The van der Waals surface area contributed by atoms with Gasteiger partial charge < -0.3 is 20.4 Å². The maximum Gasteiger partial charge on any atom is 0.275 e. The van der Waals surface area contributed by atoms with Crippen LogP contribution >= 0.6 is 0 Å². The minimum Gasteiger partial charge on any atom is -0.447 e. The molecule has 0 spiro atoms. The molecule has 1 amide bonds. The van der Waals surface area contributed by atoms with Crippen LogP contribution in [0.3, 0.4) is 0 Å². The van der Waals surface area contributed by atoms with Crippen molar-refractivity contribution >= 4 is 11.7 Å². The zero-order valence-corrected chi connectivity index (χ0v) is 14.7. The number of pyridine rings is 1. The average molecular weight is 356 g/mol. The van der Waals surface area contributed by atoms with E-state index in [4.69, 9.17) is 10.2 Å². The number of nitrogen functional groups attached to an aromatic ring is 1. The Morgan fingerprint density at radius 1 is 1.31 bits per heavy atom. The molecule has 2 aromatic heterocycles. The number of nitrogens with one attached hydrogen (secondary N) is 1. The standard InChI is InChI=1S/C18H24N6O2/c19-17-13(2-1-5-20-17)11-23-6-8-24(9-7-23)18(25)15-12-26-16(22-15)10-21-14-3-4-14/h1-2,5,12,14,21H,3-4,6-11H2,(H2,19,20). The predicted molar refractivity (Wildman–Crippen MR) is 96.2 cm³/mol. The van der Waals surface area contributed by atoms with Gasteiger partial charge in [-0.15, -0.1) is 0 Å². The average Bonchev–Trinajstić information content (AvgIpc) is 3.38. The quantitative estimate of drug-likeness (QED) is 0.792. The van der Waals surface area contributed by atoms with Crippen LogP contribution in [0.2, 0.25) is 0 Å². The zero-order chi connectivity index (χ0) is 17.9. The first-order valence-corrected chi connectivity index (χ1v) is 9.08. The molecule has 3 N–H and O–H groups in total. The van der Waals surface area contributed by atoms with Crippen molar-refractivity contribution in [3.8, 4) is 0 Å². The van der Waals surface area contributed by atoms with E-state index in [1.54, 1.807) is 6.20 Å². The Morgan fingerprint density at radius 2 is 2.12 bits per heavy atom. The van der Waals surface area contributed by atoms with E-state index in [1.807, 2.05) is 17.0 Å². The van der Waals surface area contributed by atoms with Crippen LogP contribution in [0, 0.1) is 0 Å². The monoisotopic (exact) mass is 356 g/mol. The summed E-state index contributed by atoms with van der Waals surface area (Å²) in [5, 5.41) is 3.34. The predicted octanol–water partition coefficient (Wildman–Crippen LogP) is 0.862. The summed E-state index contributed by atoms with van der Waals surface area (Å²) < 4.78 is 5.42. The fourth-order valence-electron chi connectivity index (χ4n) is 3.11. The van der Waals surface area contributed by atoms with E-state index in [9.17, 15) is 4.79 Å². The molecule has 0 bridgehead atoms. The lowest BCUT2D eigenvalue weighted by Gasteiger charge is -2.34. The van der Waals surface area contributed by atoms with Crippen LogP contribution in [0.15, 0.2) is 29.0 Å². The second kappa shape index (κ2) is 7.43. The molecule has 1 saturated carbocycles. The van der Waals surface area contributed by atoms with Gasteiger partial charge in [-0.25, -0.2) is 9.97 Å². The summed E-state index contributed by atoms with van der Waals surface area (Å²) >= 11 is 0. The maximum absolute atomic E-state index is 12.6. The van der Waals surface area contributed by atoms with Gasteiger partial charge in [-0.05, 0) is 18.9 Å². The molecule has 3 heterocycles. The number of anilines is 1. The highest BCUT2D eigenvalue weighted by molar-refractivity contribution is 5.92. The third-order valence-electron chi connectivity index (χ3n) is 4.87. The topological polar surface area (TPSA) is 101 Å². The highest BCUT2D eigenvalue weighted by Crippen LogP contribution is 2.19. The summed E-state index contributed by atoms with van der Waals surface area (Å²) in [5.74, 6) is 1.08. The molecule has 0 radical (unpaired) electrons. The summed E-state index contributed by atoms with van der Waals surface area (Å²) in [6.07, 6.45) is 5.58. The Kier molecular flexibility index (Phi) is 4.85. The second-order valence-electron chi connectivity index (χ2n) is 6.90. The fraction of sp³-hybridized carbons (Fsp3) is 0.500. The molecule has 8 nitrogen and oxygen atoms in total. The highest BCUT2D eigenvalue weighted by Gasteiger charge is 2.25. The van der Waals surface area contributed by atoms with Crippen LogP contribution in [0.5, 0.6) is 0 Å². The fourth-order valence-corrected chi connectivity index (χ4v) is 3.11. The number of rotatable bonds is 6. The Balaban J connectivity index is 1.28. The normalized spacial score (nSPS) is 18.2. The van der Waals surface area contributed by atoms with Gasteiger partial charge in [-0.1, -0.05) is 6.07 Å². The van der Waals surface area contributed by atoms with Gasteiger partial charge in [0.2, 0.25) is 5.89 Å². The van der Waals surface area contributed by atoms with E-state index in [1.165, 1.54) is 19.1 Å². The van der Waals surface area contributed by atoms with Crippen molar-refractivity contribution in [1.29, 1.82) is 0 Å². The number of hydrogen-bond acceptors (Lipinski definition) is 7. The molecule has 0 unspecified atom stereocenters. The van der Waals surface area contributed by atoms with Crippen molar-refractivity contribution < 1.29 is 9.21 Å². The van der Waals surface area contributed by atoms with Gasteiger partial charge in [0.15, 0.2) is 5.69 Å². The zero-order valence-electron chi connectivity index (χ0n) is 14.7. The highest BCUT2D eigenvalue weighted by atomic mass is 16.3. The Labute approximate surface area is 152 Å². The lowest BCUT2D eigenvalue weighted by Crippen LogP contribution is -2.48. The molecule has 0 atom stereocenters. The van der Waals surface area contributed by atoms with Crippen LogP contribution in [0.25, 0.3) is 0 Å².